The molecule has 7 heteroatoms. The van der Waals surface area contributed by atoms with Crippen LogP contribution in [0.4, 0.5) is 0 Å². The van der Waals surface area contributed by atoms with Crippen LogP contribution in [-0.4, -0.2) is 32.3 Å². The number of halogens is 1. The summed E-state index contributed by atoms with van der Waals surface area (Å²) < 4.78 is 2.38. The van der Waals surface area contributed by atoms with E-state index in [1.54, 1.807) is 9.58 Å². The number of thiophene rings is 1. The summed E-state index contributed by atoms with van der Waals surface area (Å²) in [6.07, 6.45) is 0. The topological polar surface area (TPSA) is 51.0 Å². The first-order valence-electron chi connectivity index (χ1n) is 6.97. The summed E-state index contributed by atoms with van der Waals surface area (Å²) in [5.74, 6) is 0.0164. The number of hydrogen-bond acceptors (Lipinski definition) is 4. The molecule has 2 aromatic heterocycles. The van der Waals surface area contributed by atoms with Crippen molar-refractivity contribution in [1.29, 1.82) is 0 Å². The highest BCUT2D eigenvalue weighted by Gasteiger charge is 2.15. The first-order valence-corrected chi connectivity index (χ1v) is 8.17. The zero-order valence-corrected chi connectivity index (χ0v) is 13.6. The van der Waals surface area contributed by atoms with Gasteiger partial charge in [0.15, 0.2) is 0 Å². The molecule has 0 aliphatic rings. The summed E-state index contributed by atoms with van der Waals surface area (Å²) in [5.41, 5.74) is 1.66. The number of amides is 1. The molecular formula is C15H15ClN4OS. The lowest BCUT2D eigenvalue weighted by Crippen LogP contribution is -2.33. The maximum absolute atomic E-state index is 12.5. The van der Waals surface area contributed by atoms with Crippen molar-refractivity contribution in [3.05, 3.63) is 45.6 Å². The monoisotopic (exact) mass is 334 g/mol. The summed E-state index contributed by atoms with van der Waals surface area (Å²) in [4.78, 5) is 15.4. The predicted octanol–water partition coefficient (Wildman–Crippen LogP) is 3.19. The van der Waals surface area contributed by atoms with Crippen LogP contribution in [0.5, 0.6) is 0 Å². The number of hydrogen-bond donors (Lipinski definition) is 0. The van der Waals surface area contributed by atoms with Gasteiger partial charge in [0.05, 0.1) is 16.4 Å². The van der Waals surface area contributed by atoms with Gasteiger partial charge in [0.1, 0.15) is 12.1 Å². The second-order valence-corrected chi connectivity index (χ2v) is 6.65. The molecule has 1 amide bonds. The molecule has 3 rings (SSSR count). The summed E-state index contributed by atoms with van der Waals surface area (Å²) in [6, 6.07) is 11.4. The van der Waals surface area contributed by atoms with Crippen molar-refractivity contribution in [2.24, 2.45) is 0 Å². The smallest absolute Gasteiger partial charge is 0.244 e. The third kappa shape index (κ3) is 3.13. The first kappa shape index (κ1) is 15.0. The Bertz CT molecular complexity index is 798. The molecule has 0 N–H and O–H groups in total. The van der Waals surface area contributed by atoms with Gasteiger partial charge in [-0.3, -0.25) is 4.79 Å². The van der Waals surface area contributed by atoms with E-state index in [9.17, 15) is 4.79 Å². The number of nitrogens with zero attached hydrogens (tertiary/aromatic N) is 4. The van der Waals surface area contributed by atoms with Crippen LogP contribution in [0.3, 0.4) is 0 Å². The van der Waals surface area contributed by atoms with Crippen molar-refractivity contribution in [2.75, 3.05) is 6.54 Å². The van der Waals surface area contributed by atoms with Crippen LogP contribution in [0.15, 0.2) is 36.4 Å². The van der Waals surface area contributed by atoms with Crippen LogP contribution < -0.4 is 0 Å². The minimum atomic E-state index is 0.0164. The van der Waals surface area contributed by atoms with E-state index in [0.29, 0.717) is 13.1 Å². The molecule has 0 aliphatic heterocycles. The molecule has 3 aromatic rings. The lowest BCUT2D eigenvalue weighted by Gasteiger charge is -2.20. The van der Waals surface area contributed by atoms with Gasteiger partial charge in [-0.05, 0) is 31.2 Å². The van der Waals surface area contributed by atoms with E-state index >= 15 is 0 Å². The summed E-state index contributed by atoms with van der Waals surface area (Å²) in [6.45, 7) is 3.36. The van der Waals surface area contributed by atoms with Crippen molar-refractivity contribution >= 4 is 39.9 Å². The van der Waals surface area contributed by atoms with E-state index in [-0.39, 0.29) is 12.5 Å². The Balaban J connectivity index is 1.74. The quantitative estimate of drug-likeness (QED) is 0.720. The molecule has 22 heavy (non-hydrogen) atoms. The van der Waals surface area contributed by atoms with Gasteiger partial charge in [0.25, 0.3) is 0 Å². The number of rotatable bonds is 5. The van der Waals surface area contributed by atoms with Crippen LogP contribution in [0, 0.1) is 0 Å². The van der Waals surface area contributed by atoms with Crippen LogP contribution in [-0.2, 0) is 17.9 Å². The average molecular weight is 335 g/mol. The lowest BCUT2D eigenvalue weighted by molar-refractivity contribution is -0.132. The molecule has 0 aliphatic carbocycles. The molecule has 0 unspecified atom stereocenters. The third-order valence-electron chi connectivity index (χ3n) is 3.42. The van der Waals surface area contributed by atoms with Gasteiger partial charge in [-0.15, -0.1) is 16.4 Å². The number of carbonyl (C=O) groups is 1. The standard InChI is InChI=1S/C15H15ClN4OS/c1-2-19(9-11-7-8-14(16)22-11)15(21)10-20-13-6-4-3-5-12(13)17-18-20/h3-8H,2,9-10H2,1H3. The molecule has 1 aromatic carbocycles. The first-order chi connectivity index (χ1) is 10.7. The Kier molecular flexibility index (Phi) is 4.40. The molecule has 0 radical (unpaired) electrons. The van der Waals surface area contributed by atoms with Gasteiger partial charge in [0, 0.05) is 11.4 Å². The van der Waals surface area contributed by atoms with Crippen LogP contribution in [0.1, 0.15) is 11.8 Å². The van der Waals surface area contributed by atoms with Gasteiger partial charge >= 0.3 is 0 Å². The average Bonchev–Trinajstić information content (AvgIpc) is 3.11. The number of benzene rings is 1. The van der Waals surface area contributed by atoms with Gasteiger partial charge in [-0.25, -0.2) is 4.68 Å². The van der Waals surface area contributed by atoms with E-state index < -0.39 is 0 Å². The minimum Gasteiger partial charge on any atom is -0.336 e. The summed E-state index contributed by atoms with van der Waals surface area (Å²) in [5, 5.41) is 8.13. The number of carbonyl (C=O) groups excluding carboxylic acids is 1. The highest BCUT2D eigenvalue weighted by molar-refractivity contribution is 7.16. The van der Waals surface area contributed by atoms with Crippen molar-refractivity contribution in [3.8, 4) is 0 Å². The van der Waals surface area contributed by atoms with E-state index in [4.69, 9.17) is 11.6 Å². The van der Waals surface area contributed by atoms with E-state index in [1.165, 1.54) is 11.3 Å². The Labute approximate surface area is 137 Å². The fraction of sp³-hybridized carbons (Fsp3) is 0.267. The molecule has 0 atom stereocenters. The van der Waals surface area contributed by atoms with E-state index in [0.717, 1.165) is 20.2 Å². The Hall–Kier alpha value is -1.92. The normalized spacial score (nSPS) is 11.0. The molecule has 0 saturated carbocycles. The number of fused-ring (bicyclic) bond motifs is 1. The lowest BCUT2D eigenvalue weighted by atomic mass is 10.3. The highest BCUT2D eigenvalue weighted by atomic mass is 35.5. The maximum atomic E-state index is 12.5. The van der Waals surface area contributed by atoms with Crippen molar-refractivity contribution in [2.45, 2.75) is 20.0 Å². The van der Waals surface area contributed by atoms with Gasteiger partial charge in [0.2, 0.25) is 5.91 Å². The van der Waals surface area contributed by atoms with Gasteiger partial charge in [-0.2, -0.15) is 0 Å². The summed E-state index contributed by atoms with van der Waals surface area (Å²) in [7, 11) is 0. The Morgan fingerprint density at radius 3 is 2.86 bits per heavy atom. The molecule has 114 valence electrons. The fourth-order valence-corrected chi connectivity index (χ4v) is 3.37. The second-order valence-electron chi connectivity index (χ2n) is 4.85. The van der Waals surface area contributed by atoms with E-state index in [2.05, 4.69) is 10.3 Å². The van der Waals surface area contributed by atoms with Crippen molar-refractivity contribution in [3.63, 3.8) is 0 Å². The number of para-hydroxylation sites is 1. The van der Waals surface area contributed by atoms with Crippen molar-refractivity contribution < 1.29 is 4.79 Å². The molecule has 0 bridgehead atoms. The van der Waals surface area contributed by atoms with Gasteiger partial charge < -0.3 is 4.90 Å². The minimum absolute atomic E-state index is 0.0164. The molecule has 2 heterocycles. The number of aromatic nitrogens is 3. The Morgan fingerprint density at radius 2 is 2.14 bits per heavy atom. The van der Waals surface area contributed by atoms with Gasteiger partial charge in [-0.1, -0.05) is 28.9 Å². The second kappa shape index (κ2) is 6.46. The fourth-order valence-electron chi connectivity index (χ4n) is 2.26. The molecular weight excluding hydrogens is 320 g/mol. The zero-order chi connectivity index (χ0) is 15.5. The number of likely N-dealkylation sites (N-methyl/N-ethyl adjacent to an activating group) is 1. The molecule has 0 spiro atoms. The largest absolute Gasteiger partial charge is 0.336 e. The molecule has 0 fully saturated rings. The predicted molar refractivity (Wildman–Crippen MR) is 87.9 cm³/mol. The zero-order valence-electron chi connectivity index (χ0n) is 12.1. The highest BCUT2D eigenvalue weighted by Crippen LogP contribution is 2.22. The Morgan fingerprint density at radius 1 is 1.32 bits per heavy atom. The van der Waals surface area contributed by atoms with Crippen LogP contribution in [0.2, 0.25) is 4.34 Å². The molecule has 0 saturated heterocycles. The van der Waals surface area contributed by atoms with Crippen LogP contribution in [0.25, 0.3) is 11.0 Å². The maximum Gasteiger partial charge on any atom is 0.244 e. The SMILES string of the molecule is CCN(Cc1ccc(Cl)s1)C(=O)Cn1nnc2ccccc21. The summed E-state index contributed by atoms with van der Waals surface area (Å²) >= 11 is 7.44. The molecule has 5 nitrogen and oxygen atoms in total. The van der Waals surface area contributed by atoms with Crippen LogP contribution >= 0.6 is 22.9 Å². The van der Waals surface area contributed by atoms with Crippen molar-refractivity contribution in [1.82, 2.24) is 19.9 Å². The third-order valence-corrected chi connectivity index (χ3v) is 4.63. The van der Waals surface area contributed by atoms with E-state index in [1.807, 2.05) is 43.3 Å².